The van der Waals surface area contributed by atoms with Crippen LogP contribution in [-0.2, 0) is 6.61 Å². The number of aryl methyl sites for hydroxylation is 2. The summed E-state index contributed by atoms with van der Waals surface area (Å²) in [6, 6.07) is 11.6. The average molecular weight is 296 g/mol. The predicted molar refractivity (Wildman–Crippen MR) is 82.4 cm³/mol. The lowest BCUT2D eigenvalue weighted by Crippen LogP contribution is -2.04. The third kappa shape index (κ3) is 2.53. The first-order chi connectivity index (χ1) is 10.6. The SMILES string of the molecule is Cc1ccc(COc2cccn3c(C(=O)O)c(C)nc23)cc1. The topological polar surface area (TPSA) is 63.8 Å². The monoisotopic (exact) mass is 296 g/mol. The normalized spacial score (nSPS) is 10.8. The van der Waals surface area contributed by atoms with Gasteiger partial charge in [0.25, 0.3) is 0 Å². The summed E-state index contributed by atoms with van der Waals surface area (Å²) in [6.07, 6.45) is 1.68. The van der Waals surface area contributed by atoms with E-state index in [2.05, 4.69) is 4.98 Å². The van der Waals surface area contributed by atoms with E-state index in [0.29, 0.717) is 23.7 Å². The summed E-state index contributed by atoms with van der Waals surface area (Å²) in [6.45, 7) is 4.13. The quantitative estimate of drug-likeness (QED) is 0.803. The van der Waals surface area contributed by atoms with Crippen molar-refractivity contribution in [2.45, 2.75) is 20.5 Å². The number of pyridine rings is 1. The molecule has 22 heavy (non-hydrogen) atoms. The van der Waals surface area contributed by atoms with Gasteiger partial charge in [-0.25, -0.2) is 9.78 Å². The Kier molecular flexibility index (Phi) is 3.55. The van der Waals surface area contributed by atoms with Gasteiger partial charge < -0.3 is 9.84 Å². The van der Waals surface area contributed by atoms with Crippen molar-refractivity contribution in [1.82, 2.24) is 9.38 Å². The lowest BCUT2D eigenvalue weighted by molar-refractivity contribution is 0.0688. The van der Waals surface area contributed by atoms with Gasteiger partial charge in [0.15, 0.2) is 17.1 Å². The van der Waals surface area contributed by atoms with Crippen molar-refractivity contribution in [3.05, 3.63) is 65.1 Å². The van der Waals surface area contributed by atoms with Crippen LogP contribution in [-0.4, -0.2) is 20.5 Å². The number of benzene rings is 1. The largest absolute Gasteiger partial charge is 0.485 e. The van der Waals surface area contributed by atoms with Crippen LogP contribution < -0.4 is 4.74 Å². The molecule has 0 aliphatic rings. The Morgan fingerprint density at radius 3 is 2.64 bits per heavy atom. The van der Waals surface area contributed by atoms with Crippen molar-refractivity contribution in [1.29, 1.82) is 0 Å². The lowest BCUT2D eigenvalue weighted by atomic mass is 10.2. The predicted octanol–water partition coefficient (Wildman–Crippen LogP) is 3.23. The maximum atomic E-state index is 11.3. The minimum Gasteiger partial charge on any atom is -0.485 e. The molecule has 1 N–H and O–H groups in total. The zero-order valence-corrected chi connectivity index (χ0v) is 12.4. The van der Waals surface area contributed by atoms with E-state index in [4.69, 9.17) is 4.74 Å². The van der Waals surface area contributed by atoms with E-state index < -0.39 is 5.97 Å². The Bertz CT molecular complexity index is 835. The molecule has 0 atom stereocenters. The van der Waals surface area contributed by atoms with Crippen molar-refractivity contribution < 1.29 is 14.6 Å². The molecule has 1 aromatic carbocycles. The van der Waals surface area contributed by atoms with Crippen LogP contribution in [0.4, 0.5) is 0 Å². The van der Waals surface area contributed by atoms with E-state index >= 15 is 0 Å². The zero-order valence-electron chi connectivity index (χ0n) is 12.4. The number of carboxylic acid groups (broad SMARTS) is 1. The molecule has 0 saturated carbocycles. The number of hydrogen-bond donors (Lipinski definition) is 1. The van der Waals surface area contributed by atoms with E-state index in [1.165, 1.54) is 5.56 Å². The van der Waals surface area contributed by atoms with E-state index in [0.717, 1.165) is 5.56 Å². The highest BCUT2D eigenvalue weighted by Gasteiger charge is 2.17. The highest BCUT2D eigenvalue weighted by Crippen LogP contribution is 2.23. The molecule has 0 spiro atoms. The second-order valence-corrected chi connectivity index (χ2v) is 5.19. The molecule has 0 saturated heterocycles. The van der Waals surface area contributed by atoms with Gasteiger partial charge in [0.2, 0.25) is 0 Å². The minimum atomic E-state index is -0.999. The summed E-state index contributed by atoms with van der Waals surface area (Å²) < 4.78 is 7.36. The van der Waals surface area contributed by atoms with Crippen LogP contribution in [0.5, 0.6) is 5.75 Å². The molecule has 0 amide bonds. The molecule has 0 aliphatic heterocycles. The fraction of sp³-hybridized carbons (Fsp3) is 0.176. The van der Waals surface area contributed by atoms with E-state index in [-0.39, 0.29) is 5.69 Å². The molecular weight excluding hydrogens is 280 g/mol. The highest BCUT2D eigenvalue weighted by molar-refractivity contribution is 5.88. The number of imidazole rings is 1. The smallest absolute Gasteiger partial charge is 0.354 e. The van der Waals surface area contributed by atoms with Gasteiger partial charge in [-0.05, 0) is 31.5 Å². The molecule has 5 heteroatoms. The number of aromatic nitrogens is 2. The maximum absolute atomic E-state index is 11.3. The van der Waals surface area contributed by atoms with Crippen LogP contribution >= 0.6 is 0 Å². The first-order valence-corrected chi connectivity index (χ1v) is 6.95. The summed E-state index contributed by atoms with van der Waals surface area (Å²) in [5, 5.41) is 9.28. The number of rotatable bonds is 4. The molecule has 5 nitrogen and oxygen atoms in total. The molecule has 2 heterocycles. The molecule has 2 aromatic heterocycles. The van der Waals surface area contributed by atoms with Crippen LogP contribution in [0.3, 0.4) is 0 Å². The molecule has 0 unspecified atom stereocenters. The third-order valence-corrected chi connectivity index (χ3v) is 3.51. The number of carboxylic acids is 1. The lowest BCUT2D eigenvalue weighted by Gasteiger charge is -2.08. The van der Waals surface area contributed by atoms with Crippen molar-refractivity contribution >= 4 is 11.6 Å². The molecule has 3 rings (SSSR count). The zero-order chi connectivity index (χ0) is 15.7. The molecule has 3 aromatic rings. The van der Waals surface area contributed by atoms with E-state index in [9.17, 15) is 9.90 Å². The van der Waals surface area contributed by atoms with Crippen LogP contribution in [0.25, 0.3) is 5.65 Å². The molecule has 0 bridgehead atoms. The number of aromatic carboxylic acids is 1. The molecule has 0 aliphatic carbocycles. The van der Waals surface area contributed by atoms with Gasteiger partial charge >= 0.3 is 5.97 Å². The number of ether oxygens (including phenoxy) is 1. The van der Waals surface area contributed by atoms with Gasteiger partial charge in [-0.2, -0.15) is 0 Å². The third-order valence-electron chi connectivity index (χ3n) is 3.51. The van der Waals surface area contributed by atoms with Gasteiger partial charge in [-0.1, -0.05) is 29.8 Å². The Labute approximate surface area is 127 Å². The average Bonchev–Trinajstić information content (AvgIpc) is 2.83. The Morgan fingerprint density at radius 1 is 1.23 bits per heavy atom. The summed E-state index contributed by atoms with van der Waals surface area (Å²) >= 11 is 0. The van der Waals surface area contributed by atoms with Crippen LogP contribution in [0, 0.1) is 13.8 Å². The number of fused-ring (bicyclic) bond motifs is 1. The van der Waals surface area contributed by atoms with Crippen LogP contribution in [0.1, 0.15) is 27.3 Å². The first kappa shape index (κ1) is 14.1. The van der Waals surface area contributed by atoms with Crippen LogP contribution in [0.2, 0.25) is 0 Å². The number of carbonyl (C=O) groups is 1. The molecule has 112 valence electrons. The van der Waals surface area contributed by atoms with Gasteiger partial charge in [0.05, 0.1) is 5.69 Å². The van der Waals surface area contributed by atoms with Gasteiger partial charge in [-0.15, -0.1) is 0 Å². The van der Waals surface area contributed by atoms with Crippen molar-refractivity contribution in [3.8, 4) is 5.75 Å². The summed E-state index contributed by atoms with van der Waals surface area (Å²) in [5.41, 5.74) is 3.40. The van der Waals surface area contributed by atoms with Crippen molar-refractivity contribution in [2.75, 3.05) is 0 Å². The van der Waals surface area contributed by atoms with Gasteiger partial charge in [-0.3, -0.25) is 4.40 Å². The van der Waals surface area contributed by atoms with Gasteiger partial charge in [0.1, 0.15) is 6.61 Å². The Balaban J connectivity index is 1.92. The van der Waals surface area contributed by atoms with E-state index in [1.54, 1.807) is 29.7 Å². The highest BCUT2D eigenvalue weighted by atomic mass is 16.5. The van der Waals surface area contributed by atoms with Crippen molar-refractivity contribution in [3.63, 3.8) is 0 Å². The number of nitrogens with zero attached hydrogens (tertiary/aromatic N) is 2. The standard InChI is InChI=1S/C17H16N2O3/c1-11-5-7-13(8-6-11)10-22-14-4-3-9-19-15(17(20)21)12(2)18-16(14)19/h3-9H,10H2,1-2H3,(H,20,21). The molecule has 0 fully saturated rings. The molecular formula is C17H16N2O3. The van der Waals surface area contributed by atoms with Crippen molar-refractivity contribution in [2.24, 2.45) is 0 Å². The second-order valence-electron chi connectivity index (χ2n) is 5.19. The fourth-order valence-corrected chi connectivity index (χ4v) is 2.37. The first-order valence-electron chi connectivity index (χ1n) is 6.95. The Morgan fingerprint density at radius 2 is 1.95 bits per heavy atom. The summed E-state index contributed by atoms with van der Waals surface area (Å²) in [5.74, 6) is -0.431. The number of hydrogen-bond acceptors (Lipinski definition) is 3. The molecule has 0 radical (unpaired) electrons. The van der Waals surface area contributed by atoms with E-state index in [1.807, 2.05) is 31.2 Å². The second kappa shape index (κ2) is 5.52. The fourth-order valence-electron chi connectivity index (χ4n) is 2.37. The minimum absolute atomic E-state index is 0.163. The Hall–Kier alpha value is -2.82. The summed E-state index contributed by atoms with van der Waals surface area (Å²) in [7, 11) is 0. The maximum Gasteiger partial charge on any atom is 0.354 e. The van der Waals surface area contributed by atoms with Gasteiger partial charge in [0, 0.05) is 6.20 Å². The summed E-state index contributed by atoms with van der Waals surface area (Å²) in [4.78, 5) is 15.6. The van der Waals surface area contributed by atoms with Crippen LogP contribution in [0.15, 0.2) is 42.6 Å².